The summed E-state index contributed by atoms with van der Waals surface area (Å²) in [7, 11) is 0. The Morgan fingerprint density at radius 3 is 2.61 bits per heavy atom. The summed E-state index contributed by atoms with van der Waals surface area (Å²) in [6.45, 7) is 4.61. The monoisotopic (exact) mass is 264 g/mol. The molecule has 2 aromatic heterocycles. The number of rotatable bonds is 4. The Morgan fingerprint density at radius 1 is 1.28 bits per heavy atom. The third kappa shape index (κ3) is 2.40. The molecule has 0 saturated carbocycles. The highest BCUT2D eigenvalue weighted by Crippen LogP contribution is 2.21. The first-order valence-electron chi connectivity index (χ1n) is 6.12. The van der Waals surface area contributed by atoms with E-state index < -0.39 is 0 Å². The molecule has 0 unspecified atom stereocenters. The van der Waals surface area contributed by atoms with Crippen molar-refractivity contribution in [2.45, 2.75) is 33.2 Å². The van der Waals surface area contributed by atoms with Crippen molar-refractivity contribution in [1.29, 1.82) is 0 Å². The third-order valence-electron chi connectivity index (χ3n) is 2.87. The molecule has 2 aromatic rings. The molecular formula is C13H17ClN4. The number of halogens is 1. The number of aromatic nitrogens is 3. The van der Waals surface area contributed by atoms with Crippen LogP contribution >= 0.6 is 11.6 Å². The lowest BCUT2D eigenvalue weighted by Gasteiger charge is -2.08. The predicted molar refractivity (Wildman–Crippen MR) is 73.0 cm³/mol. The molecule has 2 rings (SSSR count). The molecule has 2 heterocycles. The molecular weight excluding hydrogens is 248 g/mol. The second kappa shape index (κ2) is 5.50. The molecule has 4 nitrogen and oxygen atoms in total. The Kier molecular flexibility index (Phi) is 3.99. The SMILES string of the molecule is CCc1cc(CC)n(-c2ncc(CN)cc2Cl)n1. The normalized spacial score (nSPS) is 10.9. The first-order valence-corrected chi connectivity index (χ1v) is 6.50. The Labute approximate surface area is 112 Å². The molecule has 0 saturated heterocycles. The summed E-state index contributed by atoms with van der Waals surface area (Å²) >= 11 is 6.25. The van der Waals surface area contributed by atoms with Gasteiger partial charge in [0.25, 0.3) is 0 Å². The van der Waals surface area contributed by atoms with Crippen molar-refractivity contribution in [2.24, 2.45) is 5.73 Å². The largest absolute Gasteiger partial charge is 0.326 e. The first-order chi connectivity index (χ1) is 8.69. The van der Waals surface area contributed by atoms with Crippen LogP contribution in [0.4, 0.5) is 0 Å². The molecule has 0 aliphatic heterocycles. The number of hydrogen-bond acceptors (Lipinski definition) is 3. The first kappa shape index (κ1) is 13.1. The van der Waals surface area contributed by atoms with Crippen LogP contribution < -0.4 is 5.73 Å². The van der Waals surface area contributed by atoms with E-state index in [4.69, 9.17) is 17.3 Å². The Balaban J connectivity index is 2.50. The summed E-state index contributed by atoms with van der Waals surface area (Å²) in [6.07, 6.45) is 3.54. The number of hydrogen-bond donors (Lipinski definition) is 1. The van der Waals surface area contributed by atoms with Crippen LogP contribution in [0.1, 0.15) is 30.8 Å². The Hall–Kier alpha value is -1.39. The summed E-state index contributed by atoms with van der Waals surface area (Å²) in [4.78, 5) is 4.36. The summed E-state index contributed by atoms with van der Waals surface area (Å²) in [5, 5.41) is 5.11. The maximum absolute atomic E-state index is 6.25. The van der Waals surface area contributed by atoms with Gasteiger partial charge in [0.1, 0.15) is 0 Å². The maximum atomic E-state index is 6.25. The summed E-state index contributed by atoms with van der Waals surface area (Å²) in [5.41, 5.74) is 8.65. The van der Waals surface area contributed by atoms with E-state index >= 15 is 0 Å². The highest BCUT2D eigenvalue weighted by Gasteiger charge is 2.12. The van der Waals surface area contributed by atoms with Gasteiger partial charge in [0, 0.05) is 18.4 Å². The minimum atomic E-state index is 0.437. The van der Waals surface area contributed by atoms with Crippen molar-refractivity contribution in [2.75, 3.05) is 0 Å². The molecule has 96 valence electrons. The van der Waals surface area contributed by atoms with Gasteiger partial charge in [-0.15, -0.1) is 0 Å². The van der Waals surface area contributed by atoms with Crippen LogP contribution in [0.5, 0.6) is 0 Å². The zero-order chi connectivity index (χ0) is 13.1. The van der Waals surface area contributed by atoms with Gasteiger partial charge < -0.3 is 5.73 Å². The topological polar surface area (TPSA) is 56.7 Å². The van der Waals surface area contributed by atoms with Crippen LogP contribution in [0.25, 0.3) is 5.82 Å². The predicted octanol–water partition coefficient (Wildman–Crippen LogP) is 2.50. The van der Waals surface area contributed by atoms with E-state index in [2.05, 4.69) is 30.0 Å². The molecule has 0 bridgehead atoms. The highest BCUT2D eigenvalue weighted by atomic mass is 35.5. The third-order valence-corrected chi connectivity index (χ3v) is 3.15. The average Bonchev–Trinajstić information content (AvgIpc) is 2.81. The van der Waals surface area contributed by atoms with E-state index in [-0.39, 0.29) is 0 Å². The van der Waals surface area contributed by atoms with Crippen molar-refractivity contribution in [3.63, 3.8) is 0 Å². The Morgan fingerprint density at radius 2 is 2.06 bits per heavy atom. The van der Waals surface area contributed by atoms with Crippen molar-refractivity contribution in [3.05, 3.63) is 40.3 Å². The van der Waals surface area contributed by atoms with E-state index in [1.54, 1.807) is 6.20 Å². The van der Waals surface area contributed by atoms with Crippen LogP contribution in [0, 0.1) is 0 Å². The van der Waals surface area contributed by atoms with Gasteiger partial charge in [0.2, 0.25) is 0 Å². The van der Waals surface area contributed by atoms with E-state index in [1.807, 2.05) is 10.7 Å². The van der Waals surface area contributed by atoms with E-state index in [9.17, 15) is 0 Å². The van der Waals surface area contributed by atoms with Crippen LogP contribution in [0.15, 0.2) is 18.3 Å². The molecule has 0 spiro atoms. The highest BCUT2D eigenvalue weighted by molar-refractivity contribution is 6.32. The summed E-state index contributed by atoms with van der Waals surface area (Å²) < 4.78 is 1.82. The molecule has 0 radical (unpaired) electrons. The summed E-state index contributed by atoms with van der Waals surface area (Å²) in [6, 6.07) is 3.94. The van der Waals surface area contributed by atoms with Crippen LogP contribution in [0.2, 0.25) is 5.02 Å². The van der Waals surface area contributed by atoms with Crippen molar-refractivity contribution >= 4 is 11.6 Å². The van der Waals surface area contributed by atoms with Gasteiger partial charge >= 0.3 is 0 Å². The molecule has 0 fully saturated rings. The van der Waals surface area contributed by atoms with E-state index in [1.165, 1.54) is 0 Å². The van der Waals surface area contributed by atoms with Gasteiger partial charge in [-0.05, 0) is 30.5 Å². The zero-order valence-electron chi connectivity index (χ0n) is 10.7. The molecule has 0 aliphatic rings. The number of aryl methyl sites for hydroxylation is 2. The molecule has 0 aromatic carbocycles. The molecule has 18 heavy (non-hydrogen) atoms. The van der Waals surface area contributed by atoms with Gasteiger partial charge in [0.05, 0.1) is 10.7 Å². The fourth-order valence-electron chi connectivity index (χ4n) is 1.82. The van der Waals surface area contributed by atoms with E-state index in [0.717, 1.165) is 29.8 Å². The number of nitrogens with zero attached hydrogens (tertiary/aromatic N) is 3. The second-order valence-corrected chi connectivity index (χ2v) is 4.51. The van der Waals surface area contributed by atoms with Crippen LogP contribution in [-0.4, -0.2) is 14.8 Å². The smallest absolute Gasteiger partial charge is 0.172 e. The zero-order valence-corrected chi connectivity index (χ0v) is 11.4. The minimum absolute atomic E-state index is 0.437. The van der Waals surface area contributed by atoms with Crippen molar-refractivity contribution in [3.8, 4) is 5.82 Å². The fraction of sp³-hybridized carbons (Fsp3) is 0.385. The van der Waals surface area contributed by atoms with E-state index in [0.29, 0.717) is 17.4 Å². The molecule has 5 heteroatoms. The molecule has 0 amide bonds. The van der Waals surface area contributed by atoms with Crippen molar-refractivity contribution < 1.29 is 0 Å². The van der Waals surface area contributed by atoms with Gasteiger partial charge in [0.15, 0.2) is 5.82 Å². The average molecular weight is 265 g/mol. The Bertz CT molecular complexity index is 548. The van der Waals surface area contributed by atoms with Crippen molar-refractivity contribution in [1.82, 2.24) is 14.8 Å². The maximum Gasteiger partial charge on any atom is 0.172 e. The fourth-order valence-corrected chi connectivity index (χ4v) is 2.09. The van der Waals surface area contributed by atoms with Gasteiger partial charge in [-0.1, -0.05) is 25.4 Å². The quantitative estimate of drug-likeness (QED) is 0.923. The summed E-state index contributed by atoms with van der Waals surface area (Å²) in [5.74, 6) is 0.672. The molecule has 2 N–H and O–H groups in total. The van der Waals surface area contributed by atoms with Gasteiger partial charge in [-0.2, -0.15) is 5.10 Å². The van der Waals surface area contributed by atoms with Crippen LogP contribution in [-0.2, 0) is 19.4 Å². The molecule has 0 aliphatic carbocycles. The van der Waals surface area contributed by atoms with Gasteiger partial charge in [-0.25, -0.2) is 9.67 Å². The van der Waals surface area contributed by atoms with Crippen LogP contribution in [0.3, 0.4) is 0 Å². The lowest BCUT2D eigenvalue weighted by molar-refractivity contribution is 0.770. The standard InChI is InChI=1S/C13H17ClN4/c1-3-10-6-11(4-2)18(17-10)13-12(14)5-9(7-15)8-16-13/h5-6,8H,3-4,7,15H2,1-2H3. The lowest BCUT2D eigenvalue weighted by atomic mass is 10.2. The number of pyridine rings is 1. The van der Waals surface area contributed by atoms with Gasteiger partial charge in [-0.3, -0.25) is 0 Å². The second-order valence-electron chi connectivity index (χ2n) is 4.10. The minimum Gasteiger partial charge on any atom is -0.326 e. The number of nitrogens with two attached hydrogens (primary N) is 1. The molecule has 0 atom stereocenters. The lowest BCUT2D eigenvalue weighted by Crippen LogP contribution is -2.06.